The minimum atomic E-state index is -0.776. The molecule has 8 atom stereocenters. The molecule has 3 aliphatic carbocycles. The third kappa shape index (κ3) is 5.78. The number of methoxy groups -OCH3 is 1. The Balaban J connectivity index is 1.45. The minimum Gasteiger partial charge on any atom is -0.496 e. The third-order valence-corrected chi connectivity index (χ3v) is 10.8. The number of nitrogens with two attached hydrogens (primary N) is 2. The number of hydroxylamine groups is 2. The number of hydrogen-bond acceptors (Lipinski definition) is 8. The lowest BCUT2D eigenvalue weighted by molar-refractivity contribution is -0.175. The minimum absolute atomic E-state index is 0.108. The molecule has 9 heteroatoms. The molecule has 2 aromatic rings. The van der Waals surface area contributed by atoms with Gasteiger partial charge in [0.05, 0.1) is 25.9 Å². The molecule has 2 aromatic carbocycles. The van der Waals surface area contributed by atoms with Gasteiger partial charge in [0.1, 0.15) is 11.8 Å². The van der Waals surface area contributed by atoms with Crippen LogP contribution in [0.4, 0.5) is 5.69 Å². The number of para-hydroxylation sites is 1. The average molecular weight is 594 g/mol. The fraction of sp³-hybridized carbons (Fsp3) is 0.618. The van der Waals surface area contributed by atoms with Gasteiger partial charge in [-0.2, -0.15) is 5.06 Å². The van der Waals surface area contributed by atoms with Crippen LogP contribution in [0.15, 0.2) is 36.4 Å². The van der Waals surface area contributed by atoms with Crippen LogP contribution in [0.3, 0.4) is 0 Å². The fourth-order valence-electron chi connectivity index (χ4n) is 8.08. The highest BCUT2D eigenvalue weighted by atomic mass is 16.7. The molecule has 1 saturated heterocycles. The number of carbonyl (C=O) groups is 1. The molecule has 0 spiro atoms. The molecule has 236 valence electrons. The second-order valence-corrected chi connectivity index (χ2v) is 13.8. The van der Waals surface area contributed by atoms with Gasteiger partial charge in [-0.1, -0.05) is 39.0 Å². The molecule has 43 heavy (non-hydrogen) atoms. The number of carbonyl (C=O) groups excluding carboxylic acids is 1. The molecule has 9 nitrogen and oxygen atoms in total. The number of aliphatic hydroxyl groups is 1. The molecule has 3 saturated carbocycles. The van der Waals surface area contributed by atoms with Gasteiger partial charge in [0, 0.05) is 56.0 Å². The zero-order chi connectivity index (χ0) is 31.2. The van der Waals surface area contributed by atoms with Gasteiger partial charge < -0.3 is 31.5 Å². The van der Waals surface area contributed by atoms with Crippen molar-refractivity contribution in [3.8, 4) is 16.9 Å². The molecule has 0 radical (unpaired) electrons. The Labute approximate surface area is 256 Å². The summed E-state index contributed by atoms with van der Waals surface area (Å²) in [6, 6.07) is 11.7. The van der Waals surface area contributed by atoms with E-state index in [-0.39, 0.29) is 18.5 Å². The number of amides is 1. The summed E-state index contributed by atoms with van der Waals surface area (Å²) in [5.74, 6) is 1.75. The van der Waals surface area contributed by atoms with E-state index in [1.54, 1.807) is 19.1 Å². The normalized spacial score (nSPS) is 30.4. The van der Waals surface area contributed by atoms with Crippen molar-refractivity contribution in [1.29, 1.82) is 0 Å². The molecule has 1 heterocycles. The van der Waals surface area contributed by atoms with Crippen LogP contribution in [0, 0.1) is 29.1 Å². The summed E-state index contributed by atoms with van der Waals surface area (Å²) < 4.78 is 6.01. The predicted octanol–water partition coefficient (Wildman–Crippen LogP) is 3.51. The Morgan fingerprint density at radius 3 is 2.56 bits per heavy atom. The first kappa shape index (κ1) is 31.7. The highest BCUT2D eigenvalue weighted by molar-refractivity contribution is 5.83. The predicted molar refractivity (Wildman–Crippen MR) is 170 cm³/mol. The van der Waals surface area contributed by atoms with Crippen molar-refractivity contribution in [3.63, 3.8) is 0 Å². The van der Waals surface area contributed by atoms with Gasteiger partial charge in [-0.15, -0.1) is 0 Å². The number of nitrogens with one attached hydrogen (secondary N) is 1. The molecular formula is C34H51N5O4. The van der Waals surface area contributed by atoms with Gasteiger partial charge in [-0.3, -0.25) is 9.63 Å². The van der Waals surface area contributed by atoms with Crippen LogP contribution in [0.2, 0.25) is 0 Å². The fourth-order valence-corrected chi connectivity index (χ4v) is 8.08. The van der Waals surface area contributed by atoms with Crippen molar-refractivity contribution in [2.75, 3.05) is 32.6 Å². The lowest BCUT2D eigenvalue weighted by atomic mass is 9.45. The van der Waals surface area contributed by atoms with Crippen molar-refractivity contribution in [3.05, 3.63) is 47.5 Å². The molecule has 0 aromatic heterocycles. The molecule has 1 unspecified atom stereocenters. The summed E-state index contributed by atoms with van der Waals surface area (Å²) in [6.07, 6.45) is 0.966. The maximum absolute atomic E-state index is 14.1. The molecule has 4 fully saturated rings. The molecule has 6 N–H and O–H groups in total. The number of fused-ring (bicyclic) bond motifs is 2. The second-order valence-electron chi connectivity index (χ2n) is 13.8. The highest BCUT2D eigenvalue weighted by Gasteiger charge is 2.57. The van der Waals surface area contributed by atoms with E-state index in [4.69, 9.17) is 21.0 Å². The van der Waals surface area contributed by atoms with Gasteiger partial charge in [0.25, 0.3) is 0 Å². The zero-order valence-corrected chi connectivity index (χ0v) is 26.8. The van der Waals surface area contributed by atoms with Crippen molar-refractivity contribution in [2.24, 2.45) is 40.6 Å². The molecule has 1 amide bonds. The van der Waals surface area contributed by atoms with Crippen molar-refractivity contribution in [2.45, 2.75) is 77.9 Å². The number of aliphatic hydroxyl groups excluding tert-OH is 1. The zero-order valence-electron chi connectivity index (χ0n) is 26.8. The number of anilines is 1. The first-order valence-corrected chi connectivity index (χ1v) is 15.7. The molecular weight excluding hydrogens is 542 g/mol. The van der Waals surface area contributed by atoms with Gasteiger partial charge >= 0.3 is 0 Å². The quantitative estimate of drug-likeness (QED) is 0.330. The summed E-state index contributed by atoms with van der Waals surface area (Å²) in [6.45, 7) is 9.62. The maximum atomic E-state index is 14.1. The van der Waals surface area contributed by atoms with Crippen molar-refractivity contribution in [1.82, 2.24) is 10.4 Å². The van der Waals surface area contributed by atoms with Crippen LogP contribution in [-0.4, -0.2) is 68.1 Å². The Morgan fingerprint density at radius 1 is 1.23 bits per heavy atom. The largest absolute Gasteiger partial charge is 0.496 e. The van der Waals surface area contributed by atoms with Gasteiger partial charge in [0.2, 0.25) is 5.91 Å². The van der Waals surface area contributed by atoms with Gasteiger partial charge in [-0.05, 0) is 72.3 Å². The summed E-state index contributed by atoms with van der Waals surface area (Å²) in [5.41, 5.74) is 17.4. The van der Waals surface area contributed by atoms with E-state index in [0.29, 0.717) is 42.0 Å². The number of nitrogens with zero attached hydrogens (tertiary/aromatic N) is 2. The van der Waals surface area contributed by atoms with Crippen LogP contribution in [0.1, 0.15) is 51.7 Å². The van der Waals surface area contributed by atoms with E-state index < -0.39 is 24.2 Å². The Kier molecular flexibility index (Phi) is 9.12. The summed E-state index contributed by atoms with van der Waals surface area (Å²) in [5, 5.41) is 16.0. The SMILES string of the molecule is COc1c(CN2O[C@@H](CN)[C@H](C(C)O)[C@H]2C(=O)N[C@H]2C[C@H]3C[C@@H]([C@@H]2C)C3(C)C)cccc1-c1cc(CN)cc(N(C)C)c1. The average Bonchev–Trinajstić information content (AvgIpc) is 3.36. The van der Waals surface area contributed by atoms with Crippen LogP contribution in [0.25, 0.3) is 11.1 Å². The van der Waals surface area contributed by atoms with Gasteiger partial charge in [-0.25, -0.2) is 0 Å². The summed E-state index contributed by atoms with van der Waals surface area (Å²) in [7, 11) is 5.68. The number of hydrogen-bond donors (Lipinski definition) is 4. The van der Waals surface area contributed by atoms with Crippen LogP contribution >= 0.6 is 0 Å². The topological polar surface area (TPSA) is 126 Å². The first-order valence-electron chi connectivity index (χ1n) is 15.7. The van der Waals surface area contributed by atoms with Crippen LogP contribution < -0.4 is 26.4 Å². The number of rotatable bonds is 10. The molecule has 2 bridgehead atoms. The van der Waals surface area contributed by atoms with E-state index in [2.05, 4.69) is 49.2 Å². The van der Waals surface area contributed by atoms with Crippen molar-refractivity contribution >= 4 is 11.6 Å². The lowest BCUT2D eigenvalue weighted by Crippen LogP contribution is -2.62. The van der Waals surface area contributed by atoms with Crippen molar-refractivity contribution < 1.29 is 19.5 Å². The highest BCUT2D eigenvalue weighted by Crippen LogP contribution is 2.61. The Bertz CT molecular complexity index is 1310. The van der Waals surface area contributed by atoms with E-state index >= 15 is 0 Å². The second kappa shape index (κ2) is 12.4. The smallest absolute Gasteiger partial charge is 0.240 e. The Hall–Kier alpha value is -2.69. The third-order valence-electron chi connectivity index (χ3n) is 10.8. The van der Waals surface area contributed by atoms with E-state index in [1.165, 1.54) is 6.42 Å². The maximum Gasteiger partial charge on any atom is 0.240 e. The number of ether oxygens (including phenoxy) is 1. The molecule has 4 aliphatic rings. The summed E-state index contributed by atoms with van der Waals surface area (Å²) >= 11 is 0. The van der Waals surface area contributed by atoms with Crippen LogP contribution in [-0.2, 0) is 22.7 Å². The van der Waals surface area contributed by atoms with Crippen LogP contribution in [0.5, 0.6) is 5.75 Å². The monoisotopic (exact) mass is 593 g/mol. The van der Waals surface area contributed by atoms with E-state index in [1.807, 2.05) is 32.3 Å². The van der Waals surface area contributed by atoms with Gasteiger partial charge in [0.15, 0.2) is 0 Å². The molecule has 6 rings (SSSR count). The van der Waals surface area contributed by atoms with E-state index in [9.17, 15) is 9.90 Å². The van der Waals surface area contributed by atoms with E-state index in [0.717, 1.165) is 34.4 Å². The molecule has 1 aliphatic heterocycles. The lowest BCUT2D eigenvalue weighted by Gasteiger charge is -2.62. The Morgan fingerprint density at radius 2 is 1.98 bits per heavy atom. The first-order chi connectivity index (χ1) is 20.4. The summed E-state index contributed by atoms with van der Waals surface area (Å²) in [4.78, 5) is 22.5. The number of benzene rings is 2. The standard InChI is InChI=1S/C34H51N5O4/c1-19-27-14-24(34(27,3)4)15-28(19)37-33(41)31-30(20(2)40)29(17-36)43-39(31)18-22-9-8-10-26(32(22)42-7)23-11-21(16-35)12-25(13-23)38(5)6/h8-13,19-20,24,27-31,40H,14-18,35-36H2,1-7H3,(H,37,41)/t19-,20?,24+,27-,28-,29-,30-,31-/m0/s1.